The molecule has 58 valence electrons. The maximum absolute atomic E-state index is 11.7. The Balaban J connectivity index is 4.55. The lowest BCUT2D eigenvalue weighted by molar-refractivity contribution is -0.791. The maximum atomic E-state index is 11.7. The van der Waals surface area contributed by atoms with Crippen LogP contribution in [-0.4, -0.2) is 22.2 Å². The number of halogens is 1. The van der Waals surface area contributed by atoms with Gasteiger partial charge >= 0.3 is 5.66 Å². The summed E-state index contributed by atoms with van der Waals surface area (Å²) in [6, 6.07) is 0. The van der Waals surface area contributed by atoms with Gasteiger partial charge in [-0.05, 0) is 0 Å². The summed E-state index contributed by atoms with van der Waals surface area (Å²) in [5.74, 6) is 0. The number of hydrogen-bond donors (Lipinski definition) is 0. The minimum Gasteiger partial charge on any atom is -0.258 e. The molecule has 0 aliphatic heterocycles. The van der Waals surface area contributed by atoms with E-state index in [2.05, 4.69) is 0 Å². The van der Waals surface area contributed by atoms with Crippen LogP contribution in [0.1, 0.15) is 6.92 Å². The Morgan fingerprint density at radius 2 is 1.70 bits per heavy atom. The van der Waals surface area contributed by atoms with E-state index in [9.17, 15) is 24.6 Å². The summed E-state index contributed by atoms with van der Waals surface area (Å²) in [6.45, 7) is -0.986. The van der Waals surface area contributed by atoms with Crippen LogP contribution >= 0.6 is 0 Å². The van der Waals surface area contributed by atoms with Crippen LogP contribution in [0, 0.1) is 20.2 Å². The molecular formula is C3H5FN2O4. The number of alkyl halides is 1. The van der Waals surface area contributed by atoms with Crippen molar-refractivity contribution in [2.45, 2.75) is 12.6 Å². The van der Waals surface area contributed by atoms with Gasteiger partial charge in [0.25, 0.3) is 0 Å². The van der Waals surface area contributed by atoms with Crippen molar-refractivity contribution in [2.75, 3.05) is 6.67 Å². The van der Waals surface area contributed by atoms with Crippen molar-refractivity contribution >= 4 is 0 Å². The lowest BCUT2D eigenvalue weighted by Gasteiger charge is -2.06. The zero-order valence-electron chi connectivity index (χ0n) is 5.11. The fraction of sp³-hybridized carbons (Fsp3) is 1.00. The molecule has 0 aromatic heterocycles. The van der Waals surface area contributed by atoms with Gasteiger partial charge in [0.15, 0.2) is 0 Å². The van der Waals surface area contributed by atoms with E-state index in [0.29, 0.717) is 6.92 Å². The van der Waals surface area contributed by atoms with E-state index < -0.39 is 22.2 Å². The van der Waals surface area contributed by atoms with Crippen LogP contribution < -0.4 is 0 Å². The van der Waals surface area contributed by atoms with Crippen LogP contribution in [0.3, 0.4) is 0 Å². The fourth-order valence-corrected chi connectivity index (χ4v) is 0.164. The van der Waals surface area contributed by atoms with E-state index in [1.54, 1.807) is 0 Å². The smallest absolute Gasteiger partial charge is 0.258 e. The molecule has 0 bridgehead atoms. The topological polar surface area (TPSA) is 86.3 Å². The molecule has 0 aromatic carbocycles. The summed E-state index contributed by atoms with van der Waals surface area (Å²) in [5, 5.41) is 19.6. The first-order valence-electron chi connectivity index (χ1n) is 2.30. The summed E-state index contributed by atoms with van der Waals surface area (Å²) >= 11 is 0. The third-order valence-corrected chi connectivity index (χ3v) is 1.04. The van der Waals surface area contributed by atoms with E-state index >= 15 is 0 Å². The lowest BCUT2D eigenvalue weighted by atomic mass is 10.3. The Kier molecular flexibility index (Phi) is 2.22. The van der Waals surface area contributed by atoms with Gasteiger partial charge in [-0.15, -0.1) is 0 Å². The van der Waals surface area contributed by atoms with Crippen LogP contribution in [0.2, 0.25) is 0 Å². The fourth-order valence-electron chi connectivity index (χ4n) is 0.164. The third-order valence-electron chi connectivity index (χ3n) is 1.04. The number of nitro groups is 2. The summed E-state index contributed by atoms with van der Waals surface area (Å²) < 4.78 is 11.7. The van der Waals surface area contributed by atoms with Gasteiger partial charge in [-0.3, -0.25) is 20.2 Å². The predicted molar refractivity (Wildman–Crippen MR) is 28.4 cm³/mol. The molecule has 0 unspecified atom stereocenters. The molecule has 0 radical (unpaired) electrons. The van der Waals surface area contributed by atoms with Crippen molar-refractivity contribution in [1.82, 2.24) is 0 Å². The molecule has 0 rings (SSSR count). The van der Waals surface area contributed by atoms with Crippen LogP contribution in [-0.2, 0) is 0 Å². The third kappa shape index (κ3) is 1.17. The lowest BCUT2D eigenvalue weighted by Crippen LogP contribution is -2.45. The largest absolute Gasteiger partial charge is 0.483 e. The van der Waals surface area contributed by atoms with Gasteiger partial charge in [0.05, 0.1) is 6.92 Å². The molecule has 0 saturated carbocycles. The monoisotopic (exact) mass is 152 g/mol. The van der Waals surface area contributed by atoms with Crippen LogP contribution in [0.25, 0.3) is 0 Å². The number of hydrogen-bond acceptors (Lipinski definition) is 4. The normalized spacial score (nSPS) is 11.0. The second-order valence-electron chi connectivity index (χ2n) is 1.86. The van der Waals surface area contributed by atoms with Crippen molar-refractivity contribution in [3.8, 4) is 0 Å². The molecular weight excluding hydrogens is 147 g/mol. The summed E-state index contributed by atoms with van der Waals surface area (Å²) in [4.78, 5) is 17.1. The Labute approximate surface area is 54.9 Å². The first-order valence-corrected chi connectivity index (χ1v) is 2.30. The molecule has 0 aliphatic rings. The molecule has 10 heavy (non-hydrogen) atoms. The van der Waals surface area contributed by atoms with Crippen LogP contribution in [0.5, 0.6) is 0 Å². The zero-order valence-corrected chi connectivity index (χ0v) is 5.11. The minimum absolute atomic E-state index is 0.618. The highest BCUT2D eigenvalue weighted by Crippen LogP contribution is 2.09. The molecule has 0 amide bonds. The zero-order chi connectivity index (χ0) is 8.36. The molecule has 0 atom stereocenters. The van der Waals surface area contributed by atoms with E-state index in [1.165, 1.54) is 0 Å². The second-order valence-corrected chi connectivity index (χ2v) is 1.86. The van der Waals surface area contributed by atoms with Gasteiger partial charge in [-0.1, -0.05) is 0 Å². The maximum Gasteiger partial charge on any atom is 0.483 e. The molecule has 7 heteroatoms. The molecule has 6 nitrogen and oxygen atoms in total. The quantitative estimate of drug-likeness (QED) is 0.329. The molecule has 0 heterocycles. The van der Waals surface area contributed by atoms with Crippen LogP contribution in [0.15, 0.2) is 0 Å². The van der Waals surface area contributed by atoms with Crippen molar-refractivity contribution in [3.63, 3.8) is 0 Å². The molecule has 0 aromatic rings. The van der Waals surface area contributed by atoms with E-state index in [-0.39, 0.29) is 0 Å². The summed E-state index contributed by atoms with van der Waals surface area (Å²) in [5.41, 5.74) is -2.68. The van der Waals surface area contributed by atoms with Gasteiger partial charge in [-0.2, -0.15) is 0 Å². The minimum atomic E-state index is -2.68. The van der Waals surface area contributed by atoms with E-state index in [0.717, 1.165) is 0 Å². The highest BCUT2D eigenvalue weighted by atomic mass is 19.1. The van der Waals surface area contributed by atoms with Gasteiger partial charge in [0, 0.05) is 0 Å². The van der Waals surface area contributed by atoms with Gasteiger partial charge < -0.3 is 0 Å². The predicted octanol–water partition coefficient (Wildman–Crippen LogP) is 0.226. The first kappa shape index (κ1) is 8.73. The van der Waals surface area contributed by atoms with E-state index in [1.807, 2.05) is 0 Å². The summed E-state index contributed by atoms with van der Waals surface area (Å²) in [7, 11) is 0. The van der Waals surface area contributed by atoms with Crippen molar-refractivity contribution in [2.24, 2.45) is 0 Å². The molecule has 0 spiro atoms. The van der Waals surface area contributed by atoms with Gasteiger partial charge in [0.2, 0.25) is 6.67 Å². The molecule has 0 fully saturated rings. The van der Waals surface area contributed by atoms with Crippen molar-refractivity contribution < 1.29 is 14.2 Å². The molecule has 0 saturated heterocycles. The van der Waals surface area contributed by atoms with Crippen molar-refractivity contribution in [3.05, 3.63) is 20.2 Å². The Bertz CT molecular complexity index is 156. The first-order chi connectivity index (χ1) is 4.45. The summed E-state index contributed by atoms with van der Waals surface area (Å²) in [6.07, 6.45) is 0. The molecule has 0 N–H and O–H groups in total. The van der Waals surface area contributed by atoms with Crippen LogP contribution in [0.4, 0.5) is 4.39 Å². The average Bonchev–Trinajstić information content (AvgIpc) is 1.85. The highest BCUT2D eigenvalue weighted by Gasteiger charge is 2.50. The van der Waals surface area contributed by atoms with Gasteiger partial charge in [0.1, 0.15) is 9.85 Å². The Morgan fingerprint density at radius 1 is 1.40 bits per heavy atom. The van der Waals surface area contributed by atoms with Gasteiger partial charge in [-0.25, -0.2) is 4.39 Å². The highest BCUT2D eigenvalue weighted by molar-refractivity contribution is 4.55. The number of nitrogens with zero attached hydrogens (tertiary/aromatic N) is 2. The molecule has 0 aliphatic carbocycles. The Hall–Kier alpha value is -1.27. The number of rotatable bonds is 3. The SMILES string of the molecule is CC(CF)([N+](=O)[O-])[N+](=O)[O-]. The van der Waals surface area contributed by atoms with Crippen molar-refractivity contribution in [1.29, 1.82) is 0 Å². The van der Waals surface area contributed by atoms with E-state index in [4.69, 9.17) is 0 Å². The Morgan fingerprint density at radius 3 is 1.70 bits per heavy atom. The standard InChI is InChI=1S/C3H5FN2O4/c1-3(2-4,5(7)8)6(9)10/h2H2,1H3. The second kappa shape index (κ2) is 2.54. The average molecular weight is 152 g/mol.